The average Bonchev–Trinajstić information content (AvgIpc) is 2.75. The molecule has 0 N–H and O–H groups in total. The van der Waals surface area contributed by atoms with Gasteiger partial charge in [0, 0.05) is 17.0 Å². The summed E-state index contributed by atoms with van der Waals surface area (Å²) in [5.74, 6) is 0. The highest BCUT2D eigenvalue weighted by Gasteiger charge is 2.11. The summed E-state index contributed by atoms with van der Waals surface area (Å²) in [6.45, 7) is 3.51. The van der Waals surface area contributed by atoms with Gasteiger partial charge in [-0.3, -0.25) is 4.79 Å². The Morgan fingerprint density at radius 3 is 2.93 bits per heavy atom. The second-order valence-corrected chi connectivity index (χ2v) is 4.86. The Kier molecular flexibility index (Phi) is 3.86. The molecule has 2 rings (SSSR count). The highest BCUT2D eigenvalue weighted by Crippen LogP contribution is 2.14. The molecule has 3 nitrogen and oxygen atoms in total. The maximum absolute atomic E-state index is 10.7. The zero-order valence-corrected chi connectivity index (χ0v) is 9.63. The van der Waals surface area contributed by atoms with Crippen molar-refractivity contribution in [2.45, 2.75) is 25.7 Å². The molecule has 15 heavy (non-hydrogen) atoms. The number of hydrogen-bond acceptors (Lipinski definition) is 4. The van der Waals surface area contributed by atoms with Crippen molar-refractivity contribution in [1.82, 2.24) is 9.27 Å². The van der Waals surface area contributed by atoms with E-state index >= 15 is 0 Å². The zero-order chi connectivity index (χ0) is 10.5. The van der Waals surface area contributed by atoms with Crippen LogP contribution in [0.4, 0.5) is 0 Å². The maximum atomic E-state index is 10.7. The van der Waals surface area contributed by atoms with Crippen molar-refractivity contribution in [3.8, 4) is 0 Å². The van der Waals surface area contributed by atoms with Gasteiger partial charge >= 0.3 is 0 Å². The van der Waals surface area contributed by atoms with Gasteiger partial charge in [-0.2, -0.15) is 0 Å². The molecule has 1 saturated heterocycles. The summed E-state index contributed by atoms with van der Waals surface area (Å²) in [7, 11) is 0. The van der Waals surface area contributed by atoms with E-state index in [2.05, 4.69) is 9.27 Å². The van der Waals surface area contributed by atoms with Crippen molar-refractivity contribution in [2.75, 3.05) is 19.6 Å². The number of piperidine rings is 1. The summed E-state index contributed by atoms with van der Waals surface area (Å²) in [5, 5.41) is 0. The fraction of sp³-hybridized carbons (Fsp3) is 0.636. The highest BCUT2D eigenvalue weighted by atomic mass is 32.1. The minimum atomic E-state index is 0.775. The number of likely N-dealkylation sites (tertiary alicyclic amines) is 1. The van der Waals surface area contributed by atoms with E-state index in [0.717, 1.165) is 29.7 Å². The molecule has 0 aliphatic carbocycles. The highest BCUT2D eigenvalue weighted by molar-refractivity contribution is 7.06. The summed E-state index contributed by atoms with van der Waals surface area (Å²) in [5.41, 5.74) is 0.775. The predicted octanol–water partition coefficient (Wildman–Crippen LogP) is 1.98. The molecule has 1 aliphatic rings. The van der Waals surface area contributed by atoms with Crippen molar-refractivity contribution in [2.24, 2.45) is 0 Å². The fourth-order valence-electron chi connectivity index (χ4n) is 2.00. The van der Waals surface area contributed by atoms with Crippen molar-refractivity contribution < 1.29 is 4.79 Å². The van der Waals surface area contributed by atoms with E-state index in [9.17, 15) is 4.79 Å². The number of rotatable bonds is 4. The van der Waals surface area contributed by atoms with Gasteiger partial charge in [-0.05, 0) is 43.9 Å². The van der Waals surface area contributed by atoms with Crippen LogP contribution in [0.1, 0.15) is 34.5 Å². The molecule has 0 radical (unpaired) electrons. The molecule has 1 aromatic rings. The van der Waals surface area contributed by atoms with E-state index in [1.54, 1.807) is 6.20 Å². The number of hydrogen-bond donors (Lipinski definition) is 0. The van der Waals surface area contributed by atoms with Crippen LogP contribution in [0.15, 0.2) is 6.20 Å². The molecule has 0 unspecified atom stereocenters. The normalized spacial score (nSPS) is 17.9. The summed E-state index contributed by atoms with van der Waals surface area (Å²) in [6.07, 6.45) is 7.57. The van der Waals surface area contributed by atoms with Gasteiger partial charge in [-0.25, -0.2) is 4.37 Å². The van der Waals surface area contributed by atoms with Crippen LogP contribution < -0.4 is 0 Å². The lowest BCUT2D eigenvalue weighted by Crippen LogP contribution is -2.31. The molecule has 82 valence electrons. The second kappa shape index (κ2) is 5.37. The van der Waals surface area contributed by atoms with E-state index in [-0.39, 0.29) is 0 Å². The largest absolute Gasteiger partial charge is 0.303 e. The van der Waals surface area contributed by atoms with Crippen LogP contribution in [0.5, 0.6) is 0 Å². The van der Waals surface area contributed by atoms with Gasteiger partial charge < -0.3 is 4.90 Å². The van der Waals surface area contributed by atoms with E-state index < -0.39 is 0 Å². The Morgan fingerprint density at radius 1 is 1.40 bits per heavy atom. The lowest BCUT2D eigenvalue weighted by molar-refractivity contribution is 0.112. The Bertz CT molecular complexity index is 318. The number of aromatic nitrogens is 1. The Morgan fingerprint density at radius 2 is 2.20 bits per heavy atom. The maximum Gasteiger partial charge on any atom is 0.152 e. The van der Waals surface area contributed by atoms with Crippen LogP contribution >= 0.6 is 11.5 Å². The molecule has 2 heterocycles. The number of carbonyl (C=O) groups excluding carboxylic acids is 1. The monoisotopic (exact) mass is 224 g/mol. The fourth-order valence-corrected chi connectivity index (χ4v) is 2.68. The van der Waals surface area contributed by atoms with E-state index in [4.69, 9.17) is 0 Å². The molecular formula is C11H16N2OS. The van der Waals surface area contributed by atoms with Gasteiger partial charge in [-0.15, -0.1) is 0 Å². The molecule has 0 spiro atoms. The van der Waals surface area contributed by atoms with Crippen molar-refractivity contribution in [3.63, 3.8) is 0 Å². The van der Waals surface area contributed by atoms with Crippen molar-refractivity contribution in [3.05, 3.63) is 16.6 Å². The van der Waals surface area contributed by atoms with Gasteiger partial charge in [0.15, 0.2) is 6.29 Å². The standard InChI is InChI=1S/C11H16N2OS/c14-9-10-8-12-15-11(10)4-7-13-5-2-1-3-6-13/h8-9H,1-7H2. The molecule has 1 aliphatic heterocycles. The van der Waals surface area contributed by atoms with Crippen LogP contribution in [-0.4, -0.2) is 35.2 Å². The van der Waals surface area contributed by atoms with Gasteiger partial charge in [0.1, 0.15) is 0 Å². The van der Waals surface area contributed by atoms with E-state index in [1.807, 2.05) is 0 Å². The lowest BCUT2D eigenvalue weighted by Gasteiger charge is -2.25. The summed E-state index contributed by atoms with van der Waals surface area (Å²) in [6, 6.07) is 0. The van der Waals surface area contributed by atoms with Gasteiger partial charge in [-0.1, -0.05) is 6.42 Å². The third-order valence-electron chi connectivity index (χ3n) is 2.91. The number of nitrogens with zero attached hydrogens (tertiary/aromatic N) is 2. The topological polar surface area (TPSA) is 33.2 Å². The lowest BCUT2D eigenvalue weighted by atomic mass is 10.1. The zero-order valence-electron chi connectivity index (χ0n) is 8.82. The van der Waals surface area contributed by atoms with E-state index in [1.165, 1.54) is 43.9 Å². The van der Waals surface area contributed by atoms with Crippen LogP contribution in [0.2, 0.25) is 0 Å². The quantitative estimate of drug-likeness (QED) is 0.733. The molecule has 1 fully saturated rings. The molecule has 1 aromatic heterocycles. The molecule has 0 saturated carbocycles. The molecule has 0 amide bonds. The number of carbonyl (C=O) groups is 1. The van der Waals surface area contributed by atoms with Crippen LogP contribution in [0.3, 0.4) is 0 Å². The third-order valence-corrected chi connectivity index (χ3v) is 3.78. The molecular weight excluding hydrogens is 208 g/mol. The van der Waals surface area contributed by atoms with Crippen molar-refractivity contribution >= 4 is 17.8 Å². The van der Waals surface area contributed by atoms with Gasteiger partial charge in [0.25, 0.3) is 0 Å². The molecule has 4 heteroatoms. The molecule has 0 aromatic carbocycles. The Balaban J connectivity index is 1.84. The predicted molar refractivity (Wildman–Crippen MR) is 61.5 cm³/mol. The summed E-state index contributed by atoms with van der Waals surface area (Å²) >= 11 is 1.45. The molecule has 0 bridgehead atoms. The second-order valence-electron chi connectivity index (χ2n) is 3.97. The minimum absolute atomic E-state index is 0.775. The smallest absolute Gasteiger partial charge is 0.152 e. The Labute approximate surface area is 94.3 Å². The average molecular weight is 224 g/mol. The minimum Gasteiger partial charge on any atom is -0.303 e. The first kappa shape index (κ1) is 10.8. The first-order valence-electron chi connectivity index (χ1n) is 5.51. The number of aldehydes is 1. The van der Waals surface area contributed by atoms with Crippen LogP contribution in [0.25, 0.3) is 0 Å². The summed E-state index contributed by atoms with van der Waals surface area (Å²) in [4.78, 5) is 14.3. The van der Waals surface area contributed by atoms with Crippen LogP contribution in [-0.2, 0) is 6.42 Å². The third kappa shape index (κ3) is 2.86. The van der Waals surface area contributed by atoms with Crippen molar-refractivity contribution in [1.29, 1.82) is 0 Å². The summed E-state index contributed by atoms with van der Waals surface area (Å²) < 4.78 is 4.05. The van der Waals surface area contributed by atoms with Gasteiger partial charge in [0.2, 0.25) is 0 Å². The van der Waals surface area contributed by atoms with E-state index in [0.29, 0.717) is 0 Å². The first-order chi connectivity index (χ1) is 7.40. The SMILES string of the molecule is O=Cc1cnsc1CCN1CCCCC1. The van der Waals surface area contributed by atoms with Crippen LogP contribution in [0, 0.1) is 0 Å². The van der Waals surface area contributed by atoms with Gasteiger partial charge in [0.05, 0.1) is 6.20 Å². The molecule has 0 atom stereocenters. The first-order valence-corrected chi connectivity index (χ1v) is 6.28. The Hall–Kier alpha value is -0.740.